The Labute approximate surface area is 247 Å². The van der Waals surface area contributed by atoms with Gasteiger partial charge in [-0.05, 0) is 106 Å². The van der Waals surface area contributed by atoms with Crippen LogP contribution in [0.3, 0.4) is 0 Å². The van der Waals surface area contributed by atoms with Gasteiger partial charge in [-0.25, -0.2) is 0 Å². The number of hydrogen-bond acceptors (Lipinski definition) is 0. The second-order valence-electron chi connectivity index (χ2n) is 12.9. The molecule has 0 heterocycles. The summed E-state index contributed by atoms with van der Waals surface area (Å²) in [6, 6.07) is 0. The maximum atomic E-state index is 3.34. The Kier molecular flexibility index (Phi) is 12.8. The zero-order valence-corrected chi connectivity index (χ0v) is 27.0. The summed E-state index contributed by atoms with van der Waals surface area (Å²) in [5.41, 5.74) is 9.87. The molecule has 0 heteroatoms. The average Bonchev–Trinajstić information content (AvgIpc) is 2.85. The molecule has 0 nitrogen and oxygen atoms in total. The molecule has 0 fully saturated rings. The second kappa shape index (κ2) is 15.5. The van der Waals surface area contributed by atoms with Gasteiger partial charge in [0.25, 0.3) is 0 Å². The lowest BCUT2D eigenvalue weighted by Crippen LogP contribution is -2.18. The first-order valence-corrected chi connectivity index (χ1v) is 14.9. The fourth-order valence-corrected chi connectivity index (χ4v) is 5.21. The molecule has 0 saturated heterocycles. The summed E-state index contributed by atoms with van der Waals surface area (Å²) in [5, 5.41) is 0. The molecular formula is C40H52. The molecule has 1 unspecified atom stereocenters. The topological polar surface area (TPSA) is 0 Å². The first-order chi connectivity index (χ1) is 18.8. The van der Waals surface area contributed by atoms with Crippen molar-refractivity contribution in [1.82, 2.24) is 0 Å². The van der Waals surface area contributed by atoms with Crippen molar-refractivity contribution in [3.05, 3.63) is 106 Å². The minimum Gasteiger partial charge on any atom is -0.0972 e. The lowest BCUT2D eigenvalue weighted by Gasteiger charge is -2.32. The molecule has 1 atom stereocenters. The van der Waals surface area contributed by atoms with E-state index in [9.17, 15) is 0 Å². The van der Waals surface area contributed by atoms with Crippen LogP contribution in [0, 0.1) is 40.4 Å². The fraction of sp³-hybridized carbons (Fsp3) is 0.450. The first kappa shape index (κ1) is 33.0. The molecule has 0 N–H and O–H groups in total. The third-order valence-corrected chi connectivity index (χ3v) is 7.84. The van der Waals surface area contributed by atoms with Gasteiger partial charge in [0.1, 0.15) is 0 Å². The molecule has 0 amide bonds. The molecule has 0 aromatic heterocycles. The second-order valence-corrected chi connectivity index (χ2v) is 12.9. The highest BCUT2D eigenvalue weighted by atomic mass is 14.3. The van der Waals surface area contributed by atoms with Crippen LogP contribution in [-0.4, -0.2) is 0 Å². The van der Waals surface area contributed by atoms with Crippen LogP contribution in [0.2, 0.25) is 0 Å². The van der Waals surface area contributed by atoms with E-state index >= 15 is 0 Å². The Morgan fingerprint density at radius 2 is 1.73 bits per heavy atom. The van der Waals surface area contributed by atoms with E-state index in [1.165, 1.54) is 46.3 Å². The summed E-state index contributed by atoms with van der Waals surface area (Å²) >= 11 is 0. The van der Waals surface area contributed by atoms with Gasteiger partial charge in [-0.15, -0.1) is 0 Å². The Balaban J connectivity index is 1.85. The van der Waals surface area contributed by atoms with E-state index < -0.39 is 0 Å². The summed E-state index contributed by atoms with van der Waals surface area (Å²) in [6.07, 6.45) is 29.5. The zero-order chi connectivity index (χ0) is 29.8. The average molecular weight is 533 g/mol. The Morgan fingerprint density at radius 1 is 0.975 bits per heavy atom. The normalized spacial score (nSPS) is 21.3. The van der Waals surface area contributed by atoms with Crippen molar-refractivity contribution in [2.75, 3.05) is 0 Å². The minimum absolute atomic E-state index is 0.198. The highest BCUT2D eigenvalue weighted by molar-refractivity contribution is 5.42. The van der Waals surface area contributed by atoms with Crippen molar-refractivity contribution < 1.29 is 0 Å². The Morgan fingerprint density at radius 3 is 2.42 bits per heavy atom. The van der Waals surface area contributed by atoms with Gasteiger partial charge >= 0.3 is 0 Å². The molecule has 40 heavy (non-hydrogen) atoms. The van der Waals surface area contributed by atoms with E-state index in [-0.39, 0.29) is 16.7 Å². The van der Waals surface area contributed by atoms with Crippen LogP contribution in [0.5, 0.6) is 0 Å². The first-order valence-electron chi connectivity index (χ1n) is 14.9. The van der Waals surface area contributed by atoms with Gasteiger partial charge in [0.2, 0.25) is 0 Å². The molecule has 2 rings (SSSR count). The van der Waals surface area contributed by atoms with E-state index in [0.717, 1.165) is 24.8 Å². The smallest absolute Gasteiger partial charge is 0.0287 e. The van der Waals surface area contributed by atoms with E-state index in [1.807, 2.05) is 6.08 Å². The van der Waals surface area contributed by atoms with Crippen LogP contribution in [0.4, 0.5) is 0 Å². The number of allylic oxidation sites excluding steroid dienone is 18. The van der Waals surface area contributed by atoms with Gasteiger partial charge < -0.3 is 0 Å². The van der Waals surface area contributed by atoms with Crippen molar-refractivity contribution in [2.45, 2.75) is 101 Å². The molecule has 212 valence electrons. The predicted octanol–water partition coefficient (Wildman–Crippen LogP) is 11.4. The molecule has 0 spiro atoms. The highest BCUT2D eigenvalue weighted by Crippen LogP contribution is 2.40. The molecule has 0 aromatic rings. The van der Waals surface area contributed by atoms with E-state index in [0.29, 0.717) is 0 Å². The van der Waals surface area contributed by atoms with Crippen LogP contribution in [-0.2, 0) is 0 Å². The molecular weight excluding hydrogens is 480 g/mol. The fourth-order valence-electron chi connectivity index (χ4n) is 5.21. The molecule has 0 saturated carbocycles. The van der Waals surface area contributed by atoms with Gasteiger partial charge in [-0.3, -0.25) is 0 Å². The highest BCUT2D eigenvalue weighted by Gasteiger charge is 2.26. The summed E-state index contributed by atoms with van der Waals surface area (Å²) in [4.78, 5) is 0. The van der Waals surface area contributed by atoms with Gasteiger partial charge in [-0.2, -0.15) is 0 Å². The molecule has 0 aromatic carbocycles. The standard InChI is InChI=1S/C40H52/c1-31(19-13-21-33(3)25-27-37-35(5)23-15-29-39(37,7)8)17-11-12-18-32(2)20-14-22-34(4)26-28-38-36(6)24-16-30-40(38,9)10/h13,15,17,19,21-25,27-28,32H,16,18,26,29-30H2,1-10H3/b19-13+,27-25+,31-17+,33-21+,34-22+,38-28+. The van der Waals surface area contributed by atoms with Gasteiger partial charge in [0.15, 0.2) is 0 Å². The molecule has 0 bridgehead atoms. The quantitative estimate of drug-likeness (QED) is 0.226. The Hall–Kier alpha value is -3.22. The van der Waals surface area contributed by atoms with Crippen molar-refractivity contribution in [3.8, 4) is 23.7 Å². The van der Waals surface area contributed by atoms with Crippen LogP contribution in [0.1, 0.15) is 101 Å². The van der Waals surface area contributed by atoms with E-state index in [1.54, 1.807) is 0 Å². The van der Waals surface area contributed by atoms with E-state index in [2.05, 4.69) is 154 Å². The molecule has 0 aliphatic heterocycles. The molecule has 2 aliphatic carbocycles. The third-order valence-electron chi connectivity index (χ3n) is 7.84. The molecule has 0 radical (unpaired) electrons. The third kappa shape index (κ3) is 11.1. The lowest BCUT2D eigenvalue weighted by molar-refractivity contribution is 0.403. The SMILES string of the molecule is CC1=CCCC(C)(C)/C1=C/C/C(C)=C/C#CC(C)CC#C/C=C(C)/C=C/C=C(C)/C=C/C1=C(C)C=CCC1(C)C. The Bertz CT molecular complexity index is 1310. The van der Waals surface area contributed by atoms with Crippen LogP contribution < -0.4 is 0 Å². The van der Waals surface area contributed by atoms with Crippen LogP contribution in [0.25, 0.3) is 0 Å². The monoisotopic (exact) mass is 532 g/mol. The largest absolute Gasteiger partial charge is 0.0972 e. The van der Waals surface area contributed by atoms with Crippen LogP contribution >= 0.6 is 0 Å². The number of hydrogen-bond donors (Lipinski definition) is 0. The maximum Gasteiger partial charge on any atom is 0.0287 e. The number of rotatable bonds is 7. The zero-order valence-electron chi connectivity index (χ0n) is 27.0. The predicted molar refractivity (Wildman–Crippen MR) is 179 cm³/mol. The minimum atomic E-state index is 0.198. The van der Waals surface area contributed by atoms with Crippen molar-refractivity contribution >= 4 is 0 Å². The summed E-state index contributed by atoms with van der Waals surface area (Å²) in [7, 11) is 0. The summed E-state index contributed by atoms with van der Waals surface area (Å²) in [5.74, 6) is 13.3. The summed E-state index contributed by atoms with van der Waals surface area (Å²) < 4.78 is 0. The van der Waals surface area contributed by atoms with Gasteiger partial charge in [0.05, 0.1) is 0 Å². The van der Waals surface area contributed by atoms with E-state index in [4.69, 9.17) is 0 Å². The maximum absolute atomic E-state index is 3.34. The lowest BCUT2D eigenvalue weighted by atomic mass is 9.73. The van der Waals surface area contributed by atoms with Crippen molar-refractivity contribution in [3.63, 3.8) is 0 Å². The van der Waals surface area contributed by atoms with Gasteiger partial charge in [-0.1, -0.05) is 130 Å². The van der Waals surface area contributed by atoms with Crippen molar-refractivity contribution in [2.24, 2.45) is 16.7 Å². The molecule has 2 aliphatic rings. The van der Waals surface area contributed by atoms with Gasteiger partial charge in [0, 0.05) is 12.3 Å². The summed E-state index contributed by atoms with van der Waals surface area (Å²) in [6.45, 7) is 22.3. The van der Waals surface area contributed by atoms with Crippen molar-refractivity contribution in [1.29, 1.82) is 0 Å². The van der Waals surface area contributed by atoms with Crippen LogP contribution in [0.15, 0.2) is 106 Å².